The van der Waals surface area contributed by atoms with E-state index in [-0.39, 0.29) is 11.5 Å². The van der Waals surface area contributed by atoms with E-state index in [1.165, 1.54) is 0 Å². The second kappa shape index (κ2) is 9.47. The van der Waals surface area contributed by atoms with Crippen LogP contribution in [0.2, 0.25) is 0 Å². The number of amides is 1. The number of anilines is 4. The molecule has 3 aromatic heterocycles. The Labute approximate surface area is 206 Å². The van der Waals surface area contributed by atoms with Gasteiger partial charge in [-0.15, -0.1) is 0 Å². The number of carbonyl (C=O) groups excluding carboxylic acids is 1. The molecule has 0 radical (unpaired) electrons. The van der Waals surface area contributed by atoms with Crippen molar-refractivity contribution < 1.29 is 9.53 Å². The number of nitrogens with zero attached hydrogens (tertiary/aromatic N) is 7. The van der Waals surface area contributed by atoms with Crippen molar-refractivity contribution in [3.05, 3.63) is 48.2 Å². The van der Waals surface area contributed by atoms with Crippen LogP contribution < -0.4 is 21.3 Å². The maximum Gasteiger partial charge on any atom is 0.271 e. The van der Waals surface area contributed by atoms with Crippen molar-refractivity contribution in [3.8, 4) is 17.3 Å². The number of nitriles is 1. The first kappa shape index (κ1) is 23.0. The molecule has 0 spiro atoms. The lowest BCUT2D eigenvalue weighted by Crippen LogP contribution is -2.36. The molecule has 12 heteroatoms. The molecule has 1 aromatic carbocycles. The van der Waals surface area contributed by atoms with E-state index in [0.717, 1.165) is 11.2 Å². The summed E-state index contributed by atoms with van der Waals surface area (Å²) < 4.78 is 7.25. The largest absolute Gasteiger partial charge is 0.378 e. The number of morpholine rings is 1. The summed E-state index contributed by atoms with van der Waals surface area (Å²) in [5.74, 6) is -0.173. The Morgan fingerprint density at radius 1 is 1.19 bits per heavy atom. The van der Waals surface area contributed by atoms with Gasteiger partial charge in [0.2, 0.25) is 0 Å². The van der Waals surface area contributed by atoms with Crippen molar-refractivity contribution in [2.24, 2.45) is 12.8 Å². The normalized spacial score (nSPS) is 13.4. The van der Waals surface area contributed by atoms with Gasteiger partial charge >= 0.3 is 0 Å². The molecule has 0 aliphatic carbocycles. The van der Waals surface area contributed by atoms with Gasteiger partial charge < -0.3 is 30.6 Å². The summed E-state index contributed by atoms with van der Waals surface area (Å²) in [7, 11) is 3.57. The van der Waals surface area contributed by atoms with E-state index >= 15 is 0 Å². The molecule has 0 atom stereocenters. The molecule has 0 saturated carbocycles. The fraction of sp³-hybridized carbons (Fsp3) is 0.250. The van der Waals surface area contributed by atoms with E-state index in [2.05, 4.69) is 41.5 Å². The summed E-state index contributed by atoms with van der Waals surface area (Å²) >= 11 is 0. The molecule has 1 aliphatic rings. The zero-order valence-corrected chi connectivity index (χ0v) is 19.8. The molecular formula is C24H24N10O2. The number of nitrogens with one attached hydrogen (secondary N) is 2. The van der Waals surface area contributed by atoms with Gasteiger partial charge in [0.1, 0.15) is 17.3 Å². The molecule has 1 aliphatic heterocycles. The minimum Gasteiger partial charge on any atom is -0.378 e. The Balaban J connectivity index is 1.56. The van der Waals surface area contributed by atoms with Gasteiger partial charge in [-0.3, -0.25) is 9.78 Å². The van der Waals surface area contributed by atoms with E-state index in [9.17, 15) is 10.1 Å². The maximum atomic E-state index is 12.4. The number of carbonyl (C=O) groups is 1. The van der Waals surface area contributed by atoms with Gasteiger partial charge in [0.15, 0.2) is 17.3 Å². The van der Waals surface area contributed by atoms with Crippen LogP contribution in [0.5, 0.6) is 0 Å². The second-order valence-corrected chi connectivity index (χ2v) is 8.21. The number of pyridine rings is 1. The van der Waals surface area contributed by atoms with Gasteiger partial charge in [-0.1, -0.05) is 0 Å². The Morgan fingerprint density at radius 3 is 2.72 bits per heavy atom. The van der Waals surface area contributed by atoms with Crippen molar-refractivity contribution >= 4 is 40.0 Å². The van der Waals surface area contributed by atoms with Crippen LogP contribution in [0.4, 0.5) is 23.0 Å². The molecule has 36 heavy (non-hydrogen) atoms. The predicted molar refractivity (Wildman–Crippen MR) is 135 cm³/mol. The predicted octanol–water partition coefficient (Wildman–Crippen LogP) is 2.02. The zero-order valence-electron chi connectivity index (χ0n) is 19.8. The van der Waals surface area contributed by atoms with Crippen molar-refractivity contribution in [1.82, 2.24) is 24.5 Å². The first-order valence-electron chi connectivity index (χ1n) is 11.3. The number of imidazole rings is 1. The van der Waals surface area contributed by atoms with Crippen LogP contribution in [0.1, 0.15) is 16.1 Å². The lowest BCUT2D eigenvalue weighted by Gasteiger charge is -2.29. The molecule has 12 nitrogen and oxygen atoms in total. The standard InChI is InChI=1S/C24H24N10O2/c1-27-23-20(16-11-28-12-18-19(16)29-13-33(18)2)31-21(22(26)35)24(32-23)30-15-3-4-17(14(9-15)10-25)34-5-7-36-8-6-34/h3-4,9,11-13H,5-8H2,1-2H3,(H2,26,35)(H2,27,30,32). The third kappa shape index (κ3) is 4.12. The molecule has 1 amide bonds. The van der Waals surface area contributed by atoms with Gasteiger partial charge in [0.05, 0.1) is 48.1 Å². The van der Waals surface area contributed by atoms with E-state index < -0.39 is 5.91 Å². The topological polar surface area (TPSA) is 160 Å². The average molecular weight is 485 g/mol. The van der Waals surface area contributed by atoms with Crippen LogP contribution in [0.3, 0.4) is 0 Å². The maximum absolute atomic E-state index is 12.4. The summed E-state index contributed by atoms with van der Waals surface area (Å²) in [5, 5.41) is 15.9. The monoisotopic (exact) mass is 484 g/mol. The number of aromatic nitrogens is 5. The lowest BCUT2D eigenvalue weighted by atomic mass is 10.1. The van der Waals surface area contributed by atoms with Crippen LogP contribution >= 0.6 is 0 Å². The third-order valence-corrected chi connectivity index (χ3v) is 5.99. The molecular weight excluding hydrogens is 460 g/mol. The number of fused-ring (bicyclic) bond motifs is 1. The highest BCUT2D eigenvalue weighted by molar-refractivity contribution is 5.99. The van der Waals surface area contributed by atoms with Crippen LogP contribution in [-0.4, -0.2) is 63.8 Å². The Morgan fingerprint density at radius 2 is 2.00 bits per heavy atom. The fourth-order valence-corrected chi connectivity index (χ4v) is 4.19. The van der Waals surface area contributed by atoms with E-state index in [1.54, 1.807) is 31.8 Å². The highest BCUT2D eigenvalue weighted by Gasteiger charge is 2.22. The summed E-state index contributed by atoms with van der Waals surface area (Å²) in [4.78, 5) is 32.4. The van der Waals surface area contributed by atoms with Crippen LogP contribution in [0, 0.1) is 11.3 Å². The molecule has 4 heterocycles. The zero-order chi connectivity index (χ0) is 25.2. The minimum atomic E-state index is -0.750. The third-order valence-electron chi connectivity index (χ3n) is 5.99. The number of nitrogens with two attached hydrogens (primary N) is 1. The first-order valence-corrected chi connectivity index (χ1v) is 11.3. The smallest absolute Gasteiger partial charge is 0.271 e. The Bertz CT molecular complexity index is 1500. The van der Waals surface area contributed by atoms with Gasteiger partial charge in [-0.05, 0) is 18.2 Å². The van der Waals surface area contributed by atoms with Crippen molar-refractivity contribution in [3.63, 3.8) is 0 Å². The van der Waals surface area contributed by atoms with Gasteiger partial charge in [-0.2, -0.15) is 5.26 Å². The molecule has 182 valence electrons. The average Bonchev–Trinajstić information content (AvgIpc) is 3.29. The number of hydrogen-bond donors (Lipinski definition) is 3. The first-order chi connectivity index (χ1) is 17.5. The van der Waals surface area contributed by atoms with Gasteiger partial charge in [0.25, 0.3) is 5.91 Å². The van der Waals surface area contributed by atoms with Crippen LogP contribution in [0.15, 0.2) is 36.9 Å². The van der Waals surface area contributed by atoms with Crippen molar-refractivity contribution in [1.29, 1.82) is 5.26 Å². The van der Waals surface area contributed by atoms with Crippen molar-refractivity contribution in [2.45, 2.75) is 0 Å². The number of aryl methyl sites for hydroxylation is 1. The highest BCUT2D eigenvalue weighted by atomic mass is 16.5. The minimum absolute atomic E-state index is 0.0484. The summed E-state index contributed by atoms with van der Waals surface area (Å²) in [6.07, 6.45) is 5.01. The van der Waals surface area contributed by atoms with E-state index in [1.807, 2.05) is 23.7 Å². The van der Waals surface area contributed by atoms with Crippen LogP contribution in [-0.2, 0) is 11.8 Å². The Hall–Kier alpha value is -4.76. The SMILES string of the molecule is CNc1nc(Nc2ccc(N3CCOCC3)c(C#N)c2)c(C(N)=O)nc1-c1cncc2c1ncn2C. The number of ether oxygens (including phenoxy) is 1. The molecule has 0 bridgehead atoms. The summed E-state index contributed by atoms with van der Waals surface area (Å²) in [6.45, 7) is 2.65. The molecule has 1 saturated heterocycles. The second-order valence-electron chi connectivity index (χ2n) is 8.21. The number of hydrogen-bond acceptors (Lipinski definition) is 10. The molecule has 5 rings (SSSR count). The lowest BCUT2D eigenvalue weighted by molar-refractivity contribution is 0.0996. The van der Waals surface area contributed by atoms with E-state index in [4.69, 9.17) is 10.5 Å². The van der Waals surface area contributed by atoms with Gasteiger partial charge in [0, 0.05) is 39.1 Å². The fourth-order valence-electron chi connectivity index (χ4n) is 4.19. The highest BCUT2D eigenvalue weighted by Crippen LogP contribution is 2.33. The van der Waals surface area contributed by atoms with E-state index in [0.29, 0.717) is 60.1 Å². The van der Waals surface area contributed by atoms with Crippen molar-refractivity contribution in [2.75, 3.05) is 48.9 Å². The van der Waals surface area contributed by atoms with Crippen LogP contribution in [0.25, 0.3) is 22.3 Å². The Kier molecular flexibility index (Phi) is 6.05. The molecule has 4 N–H and O–H groups in total. The van der Waals surface area contributed by atoms with Gasteiger partial charge in [-0.25, -0.2) is 15.0 Å². The summed E-state index contributed by atoms with van der Waals surface area (Å²) in [5.41, 5.74) is 10.0. The molecule has 4 aromatic rings. The molecule has 1 fully saturated rings. The number of rotatable bonds is 6. The number of benzene rings is 1. The quantitative estimate of drug-likeness (QED) is 0.369. The summed E-state index contributed by atoms with van der Waals surface area (Å²) in [6, 6.07) is 7.65. The number of primary amides is 1. The molecule has 0 unspecified atom stereocenters.